The maximum Gasteiger partial charge on any atom is 0.237 e. The Morgan fingerprint density at radius 3 is 2.86 bits per heavy atom. The van der Waals surface area contributed by atoms with E-state index in [-0.39, 0.29) is 11.8 Å². The summed E-state index contributed by atoms with van der Waals surface area (Å²) in [5.41, 5.74) is 4.64. The van der Waals surface area contributed by atoms with Crippen LogP contribution in [0.25, 0.3) is 0 Å². The second-order valence-corrected chi connectivity index (χ2v) is 6.67. The van der Waals surface area contributed by atoms with E-state index >= 15 is 0 Å². The van der Waals surface area contributed by atoms with Crippen LogP contribution in [0.3, 0.4) is 0 Å². The quantitative estimate of drug-likeness (QED) is 0.598. The number of aromatic nitrogens is 2. The molecule has 2 heterocycles. The van der Waals surface area contributed by atoms with Gasteiger partial charge in [-0.2, -0.15) is 5.10 Å². The number of aromatic amines is 1. The van der Waals surface area contributed by atoms with Crippen LogP contribution in [0.5, 0.6) is 0 Å². The molecule has 0 saturated heterocycles. The van der Waals surface area contributed by atoms with Gasteiger partial charge in [-0.25, -0.2) is 4.99 Å². The lowest BCUT2D eigenvalue weighted by Crippen LogP contribution is -2.12. The van der Waals surface area contributed by atoms with Crippen LogP contribution in [-0.2, 0) is 16.0 Å². The first kappa shape index (κ1) is 17.7. The Kier molecular flexibility index (Phi) is 4.72. The van der Waals surface area contributed by atoms with Crippen molar-refractivity contribution < 1.29 is 9.59 Å². The van der Waals surface area contributed by atoms with Crippen molar-refractivity contribution in [1.29, 1.82) is 0 Å². The highest BCUT2D eigenvalue weighted by molar-refractivity contribution is 6.12. The maximum absolute atomic E-state index is 12.3. The molecule has 2 amide bonds. The number of anilines is 2. The van der Waals surface area contributed by atoms with E-state index in [1.165, 1.54) is 6.92 Å². The minimum absolute atomic E-state index is 0.0944. The van der Waals surface area contributed by atoms with Crippen molar-refractivity contribution in [2.45, 2.75) is 19.3 Å². The lowest BCUT2D eigenvalue weighted by Gasteiger charge is -2.08. The Morgan fingerprint density at radius 2 is 2.07 bits per heavy atom. The molecule has 4 rings (SSSR count). The molecule has 1 aliphatic rings. The Labute approximate surface area is 161 Å². The highest BCUT2D eigenvalue weighted by Crippen LogP contribution is 2.33. The first-order valence-corrected chi connectivity index (χ1v) is 8.92. The molecule has 1 aliphatic heterocycles. The smallest absolute Gasteiger partial charge is 0.237 e. The fourth-order valence-corrected chi connectivity index (χ4v) is 3.27. The van der Waals surface area contributed by atoms with Crippen molar-refractivity contribution in [3.05, 3.63) is 71.4 Å². The molecule has 0 fully saturated rings. The van der Waals surface area contributed by atoms with Crippen LogP contribution >= 0.6 is 0 Å². The van der Waals surface area contributed by atoms with Gasteiger partial charge in [0, 0.05) is 30.6 Å². The molecule has 0 spiro atoms. The third kappa shape index (κ3) is 3.83. The number of amides is 2. The van der Waals surface area contributed by atoms with Crippen molar-refractivity contribution in [3.8, 4) is 0 Å². The first-order chi connectivity index (χ1) is 13.6. The molecule has 0 aliphatic carbocycles. The number of nitrogens with one attached hydrogen (secondary N) is 3. The fraction of sp³-hybridized carbons (Fsp3) is 0.143. The zero-order chi connectivity index (χ0) is 19.5. The number of benzene rings is 2. The summed E-state index contributed by atoms with van der Waals surface area (Å²) in [7, 11) is 0. The van der Waals surface area contributed by atoms with Crippen LogP contribution in [0.1, 0.15) is 29.5 Å². The SMILES string of the molecule is CC(=O)Nc1cccc(Cc2ccc3c(c2)C(C=Nc2ccn[nH]2)C(=O)N3)c1. The first-order valence-electron chi connectivity index (χ1n) is 8.92. The molecular formula is C21H19N5O2. The van der Waals surface area contributed by atoms with E-state index < -0.39 is 5.92 Å². The van der Waals surface area contributed by atoms with Crippen molar-refractivity contribution in [2.75, 3.05) is 10.6 Å². The number of rotatable bonds is 5. The van der Waals surface area contributed by atoms with Gasteiger partial charge < -0.3 is 10.6 Å². The van der Waals surface area contributed by atoms with Crippen molar-refractivity contribution in [1.82, 2.24) is 10.2 Å². The average Bonchev–Trinajstić information content (AvgIpc) is 3.27. The molecule has 0 radical (unpaired) electrons. The number of H-pyrrole nitrogens is 1. The van der Waals surface area contributed by atoms with Crippen LogP contribution in [0.2, 0.25) is 0 Å². The summed E-state index contributed by atoms with van der Waals surface area (Å²) in [5, 5.41) is 12.3. The molecule has 2 aromatic carbocycles. The summed E-state index contributed by atoms with van der Waals surface area (Å²) >= 11 is 0. The number of aliphatic imine (C=N–C) groups is 1. The Bertz CT molecular complexity index is 1060. The van der Waals surface area contributed by atoms with Gasteiger partial charge in [0.15, 0.2) is 0 Å². The van der Waals surface area contributed by atoms with Crippen molar-refractivity contribution in [3.63, 3.8) is 0 Å². The third-order valence-electron chi connectivity index (χ3n) is 4.50. The highest BCUT2D eigenvalue weighted by Gasteiger charge is 2.29. The molecule has 3 aromatic rings. The summed E-state index contributed by atoms with van der Waals surface area (Å²) in [5.74, 6) is -0.0297. The van der Waals surface area contributed by atoms with Crippen LogP contribution in [0, 0.1) is 0 Å². The molecule has 140 valence electrons. The molecule has 7 nitrogen and oxygen atoms in total. The normalized spacial score (nSPS) is 15.5. The summed E-state index contributed by atoms with van der Waals surface area (Å²) in [6, 6.07) is 15.4. The molecule has 7 heteroatoms. The second kappa shape index (κ2) is 7.48. The van der Waals surface area contributed by atoms with Gasteiger partial charge in [-0.15, -0.1) is 0 Å². The molecule has 0 saturated carbocycles. The van der Waals surface area contributed by atoms with Gasteiger partial charge in [0.2, 0.25) is 11.8 Å². The van der Waals surface area contributed by atoms with Crippen LogP contribution in [-0.4, -0.2) is 28.2 Å². The van der Waals surface area contributed by atoms with E-state index in [2.05, 4.69) is 25.8 Å². The van der Waals surface area contributed by atoms with E-state index in [9.17, 15) is 9.59 Å². The van der Waals surface area contributed by atoms with Gasteiger partial charge in [0.05, 0.1) is 6.20 Å². The third-order valence-corrected chi connectivity index (χ3v) is 4.50. The number of carbonyl (C=O) groups excluding carboxylic acids is 2. The largest absolute Gasteiger partial charge is 0.326 e. The zero-order valence-corrected chi connectivity index (χ0v) is 15.3. The van der Waals surface area contributed by atoms with Crippen molar-refractivity contribution >= 4 is 35.2 Å². The minimum Gasteiger partial charge on any atom is -0.326 e. The van der Waals surface area contributed by atoms with Gasteiger partial charge in [-0.1, -0.05) is 24.3 Å². The molecule has 3 N–H and O–H groups in total. The Hall–Kier alpha value is -3.74. The minimum atomic E-state index is -0.441. The van der Waals surface area contributed by atoms with Gasteiger partial charge in [0.25, 0.3) is 0 Å². The zero-order valence-electron chi connectivity index (χ0n) is 15.3. The van der Waals surface area contributed by atoms with Gasteiger partial charge in [0.1, 0.15) is 11.7 Å². The van der Waals surface area contributed by atoms with E-state index in [1.54, 1.807) is 18.5 Å². The summed E-state index contributed by atoms with van der Waals surface area (Å²) in [6.45, 7) is 1.49. The van der Waals surface area contributed by atoms with Gasteiger partial charge >= 0.3 is 0 Å². The topological polar surface area (TPSA) is 99.2 Å². The van der Waals surface area contributed by atoms with Crippen LogP contribution < -0.4 is 10.6 Å². The average molecular weight is 373 g/mol. The maximum atomic E-state index is 12.3. The van der Waals surface area contributed by atoms with Gasteiger partial charge in [-0.3, -0.25) is 14.7 Å². The molecule has 1 unspecified atom stereocenters. The Balaban J connectivity index is 1.57. The van der Waals surface area contributed by atoms with Gasteiger partial charge in [-0.05, 0) is 41.3 Å². The van der Waals surface area contributed by atoms with E-state index in [4.69, 9.17) is 0 Å². The second-order valence-electron chi connectivity index (χ2n) is 6.67. The Morgan fingerprint density at radius 1 is 1.21 bits per heavy atom. The fourth-order valence-electron chi connectivity index (χ4n) is 3.27. The van der Waals surface area contributed by atoms with E-state index in [0.717, 1.165) is 28.1 Å². The van der Waals surface area contributed by atoms with E-state index in [0.29, 0.717) is 12.2 Å². The lowest BCUT2D eigenvalue weighted by molar-refractivity contribution is -0.116. The highest BCUT2D eigenvalue weighted by atomic mass is 16.2. The number of nitrogens with zero attached hydrogens (tertiary/aromatic N) is 2. The monoisotopic (exact) mass is 373 g/mol. The summed E-state index contributed by atoms with van der Waals surface area (Å²) < 4.78 is 0. The number of carbonyl (C=O) groups is 2. The number of hydrogen-bond donors (Lipinski definition) is 3. The molecule has 1 atom stereocenters. The molecular weight excluding hydrogens is 354 g/mol. The standard InChI is InChI=1S/C21H19N5O2/c1-13(27)24-16-4-2-3-14(10-16)9-15-5-6-19-17(11-15)18(21(28)25-19)12-22-20-7-8-23-26-20/h2-8,10-12,18H,9H2,1H3,(H,23,26)(H,24,27)(H,25,28). The predicted molar refractivity (Wildman–Crippen MR) is 108 cm³/mol. The summed E-state index contributed by atoms with van der Waals surface area (Å²) in [4.78, 5) is 27.9. The van der Waals surface area contributed by atoms with E-state index in [1.807, 2.05) is 42.5 Å². The van der Waals surface area contributed by atoms with Crippen LogP contribution in [0.15, 0.2) is 59.7 Å². The summed E-state index contributed by atoms with van der Waals surface area (Å²) in [6.07, 6.45) is 3.94. The molecule has 1 aromatic heterocycles. The van der Waals surface area contributed by atoms with Crippen molar-refractivity contribution in [2.24, 2.45) is 4.99 Å². The predicted octanol–water partition coefficient (Wildman–Crippen LogP) is 3.40. The lowest BCUT2D eigenvalue weighted by atomic mass is 9.96. The number of hydrogen-bond acceptors (Lipinski definition) is 4. The molecule has 28 heavy (non-hydrogen) atoms. The number of fused-ring (bicyclic) bond motifs is 1. The van der Waals surface area contributed by atoms with Crippen LogP contribution in [0.4, 0.5) is 17.2 Å². The molecule has 0 bridgehead atoms.